The van der Waals surface area contributed by atoms with Gasteiger partial charge in [-0.3, -0.25) is 4.79 Å². The number of carbonyl (C=O) groups is 1. The quantitative estimate of drug-likeness (QED) is 0.750. The van der Waals surface area contributed by atoms with Gasteiger partial charge in [0.15, 0.2) is 0 Å². The maximum Gasteiger partial charge on any atom is 0.268 e. The van der Waals surface area contributed by atoms with Crippen molar-refractivity contribution < 1.29 is 9.53 Å². The first-order chi connectivity index (χ1) is 13.1. The lowest BCUT2D eigenvalue weighted by Crippen LogP contribution is -2.31. The number of aromatic nitrogens is 1. The van der Waals surface area contributed by atoms with Crippen LogP contribution in [0.2, 0.25) is 0 Å². The van der Waals surface area contributed by atoms with Crippen molar-refractivity contribution in [3.05, 3.63) is 59.8 Å². The first kappa shape index (κ1) is 17.5. The Balaban J connectivity index is 1.56. The van der Waals surface area contributed by atoms with E-state index in [1.807, 2.05) is 50.5 Å². The highest BCUT2D eigenvalue weighted by Gasteiger charge is 2.25. The molecule has 0 aliphatic carbocycles. The van der Waals surface area contributed by atoms with E-state index in [1.165, 1.54) is 0 Å². The van der Waals surface area contributed by atoms with Crippen LogP contribution in [-0.4, -0.2) is 30.7 Å². The number of hydrogen-bond acceptors (Lipinski definition) is 3. The van der Waals surface area contributed by atoms with Crippen LogP contribution in [0.15, 0.2) is 48.5 Å². The molecule has 0 fully saturated rings. The molecule has 1 aliphatic heterocycles. The van der Waals surface area contributed by atoms with E-state index < -0.39 is 0 Å². The third-order valence-corrected chi connectivity index (χ3v) is 5.16. The Kier molecular flexibility index (Phi) is 4.52. The van der Waals surface area contributed by atoms with E-state index in [9.17, 15) is 4.79 Å². The molecule has 1 aliphatic rings. The van der Waals surface area contributed by atoms with Gasteiger partial charge in [0.2, 0.25) is 0 Å². The maximum absolute atomic E-state index is 12.9. The molecular formula is C22H25N3O2. The first-order valence-electron chi connectivity index (χ1n) is 9.40. The fourth-order valence-corrected chi connectivity index (χ4v) is 3.58. The molecule has 140 valence electrons. The van der Waals surface area contributed by atoms with Gasteiger partial charge in [-0.2, -0.15) is 0 Å². The summed E-state index contributed by atoms with van der Waals surface area (Å²) in [6.07, 6.45) is 1.01. The van der Waals surface area contributed by atoms with Crippen LogP contribution < -0.4 is 15.0 Å². The Labute approximate surface area is 159 Å². The predicted molar refractivity (Wildman–Crippen MR) is 109 cm³/mol. The average Bonchev–Trinajstić information content (AvgIpc) is 3.06. The van der Waals surface area contributed by atoms with Crippen molar-refractivity contribution in [1.82, 2.24) is 9.88 Å². The molecule has 1 atom stereocenters. The van der Waals surface area contributed by atoms with Crippen molar-refractivity contribution in [2.45, 2.75) is 32.5 Å². The zero-order valence-corrected chi connectivity index (χ0v) is 16.0. The highest BCUT2D eigenvalue weighted by molar-refractivity contribution is 6.00. The van der Waals surface area contributed by atoms with Gasteiger partial charge in [-0.1, -0.05) is 31.2 Å². The molecule has 0 saturated carbocycles. The molecule has 0 spiro atoms. The number of amides is 1. The smallest absolute Gasteiger partial charge is 0.268 e. The van der Waals surface area contributed by atoms with Crippen LogP contribution in [-0.2, 0) is 13.1 Å². The fourth-order valence-electron chi connectivity index (χ4n) is 3.58. The van der Waals surface area contributed by atoms with E-state index >= 15 is 0 Å². The summed E-state index contributed by atoms with van der Waals surface area (Å²) in [5.74, 6) is 0.814. The van der Waals surface area contributed by atoms with Crippen molar-refractivity contribution in [2.75, 3.05) is 19.0 Å². The molecule has 0 radical (unpaired) electrons. The molecule has 0 saturated heterocycles. The van der Waals surface area contributed by atoms with Crippen molar-refractivity contribution >= 4 is 22.5 Å². The van der Waals surface area contributed by atoms with Crippen molar-refractivity contribution in [3.8, 4) is 5.75 Å². The van der Waals surface area contributed by atoms with E-state index in [0.717, 1.165) is 34.3 Å². The highest BCUT2D eigenvalue weighted by atomic mass is 16.5. The van der Waals surface area contributed by atoms with Gasteiger partial charge in [-0.25, -0.2) is 0 Å². The molecular weight excluding hydrogens is 338 g/mol. The summed E-state index contributed by atoms with van der Waals surface area (Å²) < 4.78 is 8.15. The van der Waals surface area contributed by atoms with Gasteiger partial charge in [0.1, 0.15) is 17.5 Å². The molecule has 0 unspecified atom stereocenters. The summed E-state index contributed by atoms with van der Waals surface area (Å²) in [6.45, 7) is 3.32. The number of rotatable bonds is 5. The molecule has 1 amide bonds. The molecule has 3 aromatic rings. The Hall–Kier alpha value is -2.95. The minimum atomic E-state index is -0.0504. The van der Waals surface area contributed by atoms with Gasteiger partial charge < -0.3 is 19.5 Å². The van der Waals surface area contributed by atoms with Gasteiger partial charge in [-0.15, -0.1) is 0 Å². The maximum atomic E-state index is 12.9. The number of benzene rings is 2. The van der Waals surface area contributed by atoms with Crippen LogP contribution in [0.5, 0.6) is 5.75 Å². The number of carbonyl (C=O) groups excluding carboxylic acids is 1. The number of ether oxygens (including phenoxy) is 1. The summed E-state index contributed by atoms with van der Waals surface area (Å²) in [5, 5.41) is 4.11. The van der Waals surface area contributed by atoms with Crippen LogP contribution in [0.3, 0.4) is 0 Å². The largest absolute Gasteiger partial charge is 0.486 e. The lowest BCUT2D eigenvalue weighted by molar-refractivity contribution is 0.0935. The summed E-state index contributed by atoms with van der Waals surface area (Å²) in [5.41, 5.74) is 3.94. The van der Waals surface area contributed by atoms with Crippen LogP contribution in [0.4, 0.5) is 5.69 Å². The van der Waals surface area contributed by atoms with Gasteiger partial charge in [0.05, 0.1) is 12.1 Å². The summed E-state index contributed by atoms with van der Waals surface area (Å²) in [4.78, 5) is 15.0. The second kappa shape index (κ2) is 6.99. The van der Waals surface area contributed by atoms with Gasteiger partial charge in [-0.05, 0) is 36.2 Å². The normalized spacial score (nSPS) is 15.4. The Morgan fingerprint density at radius 3 is 2.70 bits per heavy atom. The van der Waals surface area contributed by atoms with Crippen LogP contribution in [0.1, 0.15) is 29.4 Å². The number of para-hydroxylation sites is 1. The zero-order chi connectivity index (χ0) is 19.0. The number of anilines is 1. The third kappa shape index (κ3) is 3.25. The molecule has 2 heterocycles. The van der Waals surface area contributed by atoms with E-state index in [4.69, 9.17) is 4.74 Å². The lowest BCUT2D eigenvalue weighted by atomic mass is 10.2. The van der Waals surface area contributed by atoms with Gasteiger partial charge in [0, 0.05) is 31.7 Å². The number of hydrogen-bond donors (Lipinski definition) is 1. The minimum Gasteiger partial charge on any atom is -0.486 e. The van der Waals surface area contributed by atoms with Gasteiger partial charge in [0.25, 0.3) is 5.91 Å². The molecule has 1 aromatic heterocycles. The standard InChI is InChI=1S/C22H25N3O2/c1-4-18-14-25-19(12-16-6-5-7-20(27-18)21(16)25)22(26)23-13-15-8-10-17(11-9-15)24(2)3/h5-12,18H,4,13-14H2,1-3H3,(H,23,26)/t18-/m0/s1. The van der Waals surface area contributed by atoms with Crippen molar-refractivity contribution in [1.29, 1.82) is 0 Å². The summed E-state index contributed by atoms with van der Waals surface area (Å²) >= 11 is 0. The molecule has 5 heteroatoms. The van der Waals surface area contributed by atoms with E-state index in [-0.39, 0.29) is 12.0 Å². The molecule has 4 rings (SSSR count). The second-order valence-corrected chi connectivity index (χ2v) is 7.23. The molecule has 27 heavy (non-hydrogen) atoms. The SMILES string of the molecule is CC[C@H]1Cn2c(C(=O)NCc3ccc(N(C)C)cc3)cc3cccc(c32)O1. The van der Waals surface area contributed by atoms with Crippen molar-refractivity contribution in [3.63, 3.8) is 0 Å². The topological polar surface area (TPSA) is 46.5 Å². The van der Waals surface area contributed by atoms with Crippen molar-refractivity contribution in [2.24, 2.45) is 0 Å². The third-order valence-electron chi connectivity index (χ3n) is 5.16. The fraction of sp³-hybridized carbons (Fsp3) is 0.318. The lowest BCUT2D eigenvalue weighted by Gasteiger charge is -2.26. The van der Waals surface area contributed by atoms with Gasteiger partial charge >= 0.3 is 0 Å². The molecule has 5 nitrogen and oxygen atoms in total. The van der Waals surface area contributed by atoms with Crippen LogP contribution in [0, 0.1) is 0 Å². The van der Waals surface area contributed by atoms with E-state index in [2.05, 4.69) is 33.8 Å². The second-order valence-electron chi connectivity index (χ2n) is 7.23. The molecule has 0 bridgehead atoms. The minimum absolute atomic E-state index is 0.0504. The average molecular weight is 363 g/mol. The Morgan fingerprint density at radius 1 is 1.22 bits per heavy atom. The van der Waals surface area contributed by atoms with Crippen LogP contribution >= 0.6 is 0 Å². The predicted octanol–water partition coefficient (Wildman–Crippen LogP) is 3.81. The molecule has 2 aromatic carbocycles. The Morgan fingerprint density at radius 2 is 2.00 bits per heavy atom. The number of nitrogens with zero attached hydrogens (tertiary/aromatic N) is 2. The zero-order valence-electron chi connectivity index (χ0n) is 16.0. The Bertz CT molecular complexity index is 973. The van der Waals surface area contributed by atoms with E-state index in [0.29, 0.717) is 18.8 Å². The summed E-state index contributed by atoms with van der Waals surface area (Å²) in [7, 11) is 4.03. The monoisotopic (exact) mass is 363 g/mol. The first-order valence-corrected chi connectivity index (χ1v) is 9.40. The van der Waals surface area contributed by atoms with E-state index in [1.54, 1.807) is 0 Å². The summed E-state index contributed by atoms with van der Waals surface area (Å²) in [6, 6.07) is 16.2. The number of nitrogens with one attached hydrogen (secondary N) is 1. The van der Waals surface area contributed by atoms with Crippen LogP contribution in [0.25, 0.3) is 10.9 Å². The highest BCUT2D eigenvalue weighted by Crippen LogP contribution is 2.34. The molecule has 1 N–H and O–H groups in total.